The Hall–Kier alpha value is -3.81. The van der Waals surface area contributed by atoms with Crippen molar-refractivity contribution in [3.05, 3.63) is 59.9 Å². The number of benzene rings is 1. The van der Waals surface area contributed by atoms with Crippen molar-refractivity contribution in [2.75, 3.05) is 13.1 Å². The lowest BCUT2D eigenvalue weighted by Gasteiger charge is -2.32. The first kappa shape index (κ1) is 21.7. The number of amides is 2. The highest BCUT2D eigenvalue weighted by atomic mass is 16.4. The molecule has 4 aromatic rings. The molecule has 2 fully saturated rings. The number of aryl methyl sites for hydroxylation is 1. The van der Waals surface area contributed by atoms with E-state index in [9.17, 15) is 9.59 Å². The summed E-state index contributed by atoms with van der Waals surface area (Å²) in [4.78, 5) is 31.0. The third-order valence-corrected chi connectivity index (χ3v) is 7.34. The van der Waals surface area contributed by atoms with E-state index >= 15 is 0 Å². The fraction of sp³-hybridized carbons (Fsp3) is 0.370. The van der Waals surface area contributed by atoms with E-state index in [2.05, 4.69) is 47.1 Å². The molecule has 2 N–H and O–H groups in total. The topological polar surface area (TPSA) is 91.9 Å². The molecule has 1 atom stereocenters. The van der Waals surface area contributed by atoms with Crippen LogP contribution in [-0.2, 0) is 6.54 Å². The first-order valence-corrected chi connectivity index (χ1v) is 12.3. The number of piperidine rings is 1. The zero-order valence-corrected chi connectivity index (χ0v) is 19.8. The van der Waals surface area contributed by atoms with Gasteiger partial charge in [-0.1, -0.05) is 18.2 Å². The van der Waals surface area contributed by atoms with Crippen LogP contribution in [0, 0.1) is 12.8 Å². The van der Waals surface area contributed by atoms with Crippen LogP contribution in [0.5, 0.6) is 0 Å². The second-order valence-corrected chi connectivity index (χ2v) is 9.87. The Bertz CT molecular complexity index is 1450. The third kappa shape index (κ3) is 4.03. The smallest absolute Gasteiger partial charge is 0.404 e. The zero-order valence-electron chi connectivity index (χ0n) is 19.8. The Balaban J connectivity index is 1.34. The highest BCUT2D eigenvalue weighted by Crippen LogP contribution is 2.36. The quantitative estimate of drug-likeness (QED) is 0.447. The summed E-state index contributed by atoms with van der Waals surface area (Å²) in [5.41, 5.74) is 5.65. The van der Waals surface area contributed by atoms with E-state index in [1.807, 2.05) is 22.7 Å². The lowest BCUT2D eigenvalue weighted by molar-refractivity contribution is 0.0692. The van der Waals surface area contributed by atoms with Gasteiger partial charge in [0, 0.05) is 54.0 Å². The molecular weight excluding hydrogens is 442 g/mol. The van der Waals surface area contributed by atoms with E-state index in [0.29, 0.717) is 18.7 Å². The Kier molecular flexibility index (Phi) is 5.24. The zero-order chi connectivity index (χ0) is 24.1. The summed E-state index contributed by atoms with van der Waals surface area (Å²) in [6.45, 7) is 4.08. The first-order chi connectivity index (χ1) is 17.0. The number of carboxylic acid groups (broad SMARTS) is 1. The molecule has 0 spiro atoms. The number of nitrogens with zero attached hydrogens (tertiary/aromatic N) is 4. The normalized spacial score (nSPS) is 18.3. The van der Waals surface area contributed by atoms with Crippen LogP contribution >= 0.6 is 0 Å². The van der Waals surface area contributed by atoms with Gasteiger partial charge < -0.3 is 24.3 Å². The molecule has 1 aliphatic carbocycles. The summed E-state index contributed by atoms with van der Waals surface area (Å²) in [5, 5.41) is 12.8. The van der Waals surface area contributed by atoms with Crippen LogP contribution in [0.1, 0.15) is 41.7 Å². The minimum Gasteiger partial charge on any atom is -0.465 e. The highest BCUT2D eigenvalue weighted by molar-refractivity contribution is 5.95. The molecule has 2 aliphatic rings. The fourth-order valence-corrected chi connectivity index (χ4v) is 5.34. The third-order valence-electron chi connectivity index (χ3n) is 7.34. The minimum absolute atomic E-state index is 0.0885. The summed E-state index contributed by atoms with van der Waals surface area (Å²) in [7, 11) is 0. The summed E-state index contributed by atoms with van der Waals surface area (Å²) < 4.78 is 4.44. The molecule has 8 nitrogen and oxygen atoms in total. The molecular formula is C27H29N5O3. The molecule has 1 aliphatic heterocycles. The molecule has 2 amide bonds. The number of carbonyl (C=O) groups excluding carboxylic acids is 1. The molecule has 1 saturated heterocycles. The van der Waals surface area contributed by atoms with E-state index in [1.165, 1.54) is 23.7 Å². The van der Waals surface area contributed by atoms with Gasteiger partial charge in [-0.3, -0.25) is 4.79 Å². The number of pyridine rings is 1. The van der Waals surface area contributed by atoms with Crippen LogP contribution in [0.15, 0.2) is 48.7 Å². The van der Waals surface area contributed by atoms with Crippen LogP contribution in [-0.4, -0.2) is 55.1 Å². The Morgan fingerprint density at radius 3 is 2.77 bits per heavy atom. The number of aromatic nitrogens is 3. The van der Waals surface area contributed by atoms with Crippen molar-refractivity contribution in [1.82, 2.24) is 24.2 Å². The molecule has 6 rings (SSSR count). The molecule has 180 valence electrons. The summed E-state index contributed by atoms with van der Waals surface area (Å²) >= 11 is 0. The average molecular weight is 472 g/mol. The monoisotopic (exact) mass is 471 g/mol. The Labute approximate surface area is 203 Å². The molecule has 35 heavy (non-hydrogen) atoms. The summed E-state index contributed by atoms with van der Waals surface area (Å²) in [5.74, 6) is 0.643. The maximum atomic E-state index is 13.2. The van der Waals surface area contributed by atoms with Gasteiger partial charge in [0.1, 0.15) is 11.3 Å². The molecule has 0 radical (unpaired) electrons. The largest absolute Gasteiger partial charge is 0.465 e. The number of nitrogens with one attached hydrogen (secondary N) is 1. The number of fused-ring (bicyclic) bond motifs is 2. The molecule has 1 aromatic carbocycles. The SMILES string of the molecule is Cc1c(-c2cc3ccccc3n2CC2CC2)nc2cc(C(=O)N3CCCC(NC(=O)O)C3)ccn12. The van der Waals surface area contributed by atoms with E-state index < -0.39 is 6.09 Å². The van der Waals surface area contributed by atoms with E-state index in [-0.39, 0.29) is 11.9 Å². The minimum atomic E-state index is -1.05. The number of hydrogen-bond acceptors (Lipinski definition) is 3. The van der Waals surface area contributed by atoms with Crippen LogP contribution in [0.4, 0.5) is 4.79 Å². The number of imidazole rings is 1. The van der Waals surface area contributed by atoms with Crippen molar-refractivity contribution < 1.29 is 14.7 Å². The number of likely N-dealkylation sites (tertiary alicyclic amines) is 1. The molecule has 4 heterocycles. The van der Waals surface area contributed by atoms with Gasteiger partial charge in [-0.15, -0.1) is 0 Å². The second-order valence-electron chi connectivity index (χ2n) is 9.87. The van der Waals surface area contributed by atoms with E-state index in [4.69, 9.17) is 10.1 Å². The van der Waals surface area contributed by atoms with Gasteiger partial charge in [-0.25, -0.2) is 9.78 Å². The van der Waals surface area contributed by atoms with Gasteiger partial charge in [0.25, 0.3) is 5.91 Å². The average Bonchev–Trinajstić information content (AvgIpc) is 3.52. The van der Waals surface area contributed by atoms with Gasteiger partial charge >= 0.3 is 6.09 Å². The standard InChI is InChI=1S/C27H29N5O3/c1-17-25(23-13-19-5-2-3-7-22(19)32(23)15-18-8-9-18)29-24-14-20(10-12-31(17)24)26(33)30-11-4-6-21(16-30)28-27(34)35/h2-3,5,7,10,12-14,18,21,28H,4,6,8-9,11,15-16H2,1H3,(H,34,35). The lowest BCUT2D eigenvalue weighted by Crippen LogP contribution is -2.49. The molecule has 0 bridgehead atoms. The fourth-order valence-electron chi connectivity index (χ4n) is 5.34. The van der Waals surface area contributed by atoms with E-state index in [0.717, 1.165) is 48.0 Å². The van der Waals surface area contributed by atoms with E-state index in [1.54, 1.807) is 4.90 Å². The molecule has 3 aromatic heterocycles. The van der Waals surface area contributed by atoms with Gasteiger partial charge in [0.15, 0.2) is 0 Å². The van der Waals surface area contributed by atoms with Crippen molar-refractivity contribution in [1.29, 1.82) is 0 Å². The van der Waals surface area contributed by atoms with Crippen molar-refractivity contribution in [2.45, 2.75) is 45.2 Å². The van der Waals surface area contributed by atoms with Crippen LogP contribution in [0.25, 0.3) is 27.9 Å². The maximum absolute atomic E-state index is 13.2. The van der Waals surface area contributed by atoms with Crippen LogP contribution in [0.3, 0.4) is 0 Å². The van der Waals surface area contributed by atoms with Gasteiger partial charge in [0.2, 0.25) is 0 Å². The second kappa shape index (κ2) is 8.45. The van der Waals surface area contributed by atoms with Crippen molar-refractivity contribution in [3.63, 3.8) is 0 Å². The summed E-state index contributed by atoms with van der Waals surface area (Å²) in [6.07, 6.45) is 4.94. The maximum Gasteiger partial charge on any atom is 0.404 e. The Morgan fingerprint density at radius 2 is 1.97 bits per heavy atom. The molecule has 1 saturated carbocycles. The highest BCUT2D eigenvalue weighted by Gasteiger charge is 2.27. The van der Waals surface area contributed by atoms with Crippen LogP contribution in [0.2, 0.25) is 0 Å². The summed E-state index contributed by atoms with van der Waals surface area (Å²) in [6, 6.07) is 14.1. The van der Waals surface area contributed by atoms with Crippen LogP contribution < -0.4 is 5.32 Å². The Morgan fingerprint density at radius 1 is 1.14 bits per heavy atom. The van der Waals surface area contributed by atoms with Crippen molar-refractivity contribution in [3.8, 4) is 11.4 Å². The first-order valence-electron chi connectivity index (χ1n) is 12.3. The van der Waals surface area contributed by atoms with Gasteiger partial charge in [-0.05, 0) is 62.8 Å². The number of para-hydroxylation sites is 1. The number of hydrogen-bond donors (Lipinski definition) is 2. The number of carbonyl (C=O) groups is 2. The molecule has 8 heteroatoms. The lowest BCUT2D eigenvalue weighted by atomic mass is 10.0. The van der Waals surface area contributed by atoms with Crippen molar-refractivity contribution in [2.24, 2.45) is 5.92 Å². The number of rotatable bonds is 5. The van der Waals surface area contributed by atoms with Crippen molar-refractivity contribution >= 4 is 28.6 Å². The van der Waals surface area contributed by atoms with Gasteiger partial charge in [-0.2, -0.15) is 0 Å². The predicted octanol–water partition coefficient (Wildman–Crippen LogP) is 4.55. The predicted molar refractivity (Wildman–Crippen MR) is 134 cm³/mol. The molecule has 1 unspecified atom stereocenters. The van der Waals surface area contributed by atoms with Gasteiger partial charge in [0.05, 0.1) is 5.69 Å².